The van der Waals surface area contributed by atoms with E-state index in [-0.39, 0.29) is 11.2 Å². The summed E-state index contributed by atoms with van der Waals surface area (Å²) < 4.78 is 0. The Balaban J connectivity index is 2.89. The van der Waals surface area contributed by atoms with Crippen LogP contribution in [0.4, 0.5) is 5.69 Å². The number of nitrogens with one attached hydrogen (secondary N) is 1. The average molecular weight is 204 g/mol. The van der Waals surface area contributed by atoms with Gasteiger partial charge in [0.25, 0.3) is 0 Å². The lowest BCUT2D eigenvalue weighted by Gasteiger charge is -2.16. The SMILES string of the molecule is CC(C)(C)C(=O)c1ccc(N[C]=O)cc1. The highest BCUT2D eigenvalue weighted by molar-refractivity contribution is 6.00. The van der Waals surface area contributed by atoms with Gasteiger partial charge in [-0.05, 0) is 24.3 Å². The molecule has 0 saturated carbocycles. The molecule has 79 valence electrons. The summed E-state index contributed by atoms with van der Waals surface area (Å²) in [4.78, 5) is 21.9. The van der Waals surface area contributed by atoms with Crippen LogP contribution in [0.1, 0.15) is 31.1 Å². The number of hydrogen-bond donors (Lipinski definition) is 1. The monoisotopic (exact) mass is 204 g/mol. The lowest BCUT2D eigenvalue weighted by molar-refractivity contribution is 0.0858. The fourth-order valence-corrected chi connectivity index (χ4v) is 1.20. The molecular weight excluding hydrogens is 190 g/mol. The summed E-state index contributed by atoms with van der Waals surface area (Å²) in [5, 5.41) is 2.40. The summed E-state index contributed by atoms with van der Waals surface area (Å²) in [7, 11) is 0. The molecule has 0 unspecified atom stereocenters. The van der Waals surface area contributed by atoms with E-state index in [9.17, 15) is 9.59 Å². The Morgan fingerprint density at radius 1 is 1.20 bits per heavy atom. The summed E-state index contributed by atoms with van der Waals surface area (Å²) in [5.41, 5.74) is 0.903. The van der Waals surface area contributed by atoms with E-state index in [1.165, 1.54) is 0 Å². The number of carbonyl (C=O) groups is 1. The Morgan fingerprint density at radius 3 is 2.13 bits per heavy atom. The van der Waals surface area contributed by atoms with Gasteiger partial charge in [0.2, 0.25) is 0 Å². The normalized spacial score (nSPS) is 10.9. The van der Waals surface area contributed by atoms with Gasteiger partial charge in [0.1, 0.15) is 0 Å². The maximum atomic E-state index is 11.8. The molecule has 3 nitrogen and oxygen atoms in total. The fourth-order valence-electron chi connectivity index (χ4n) is 1.20. The second-order valence-electron chi connectivity index (χ2n) is 4.38. The highest BCUT2D eigenvalue weighted by Gasteiger charge is 2.22. The molecule has 0 aliphatic heterocycles. The Morgan fingerprint density at radius 2 is 1.73 bits per heavy atom. The van der Waals surface area contributed by atoms with Crippen molar-refractivity contribution in [3.63, 3.8) is 0 Å². The first-order valence-corrected chi connectivity index (χ1v) is 4.73. The number of benzene rings is 1. The van der Waals surface area contributed by atoms with E-state index in [2.05, 4.69) is 5.32 Å². The number of ketones is 1. The highest BCUT2D eigenvalue weighted by Crippen LogP contribution is 2.21. The van der Waals surface area contributed by atoms with Gasteiger partial charge in [-0.3, -0.25) is 9.59 Å². The second kappa shape index (κ2) is 4.26. The molecule has 1 radical (unpaired) electrons. The summed E-state index contributed by atoms with van der Waals surface area (Å²) >= 11 is 0. The van der Waals surface area contributed by atoms with Crippen LogP contribution in [0.2, 0.25) is 0 Å². The smallest absolute Gasteiger partial charge is 0.314 e. The molecule has 1 aromatic rings. The lowest BCUT2D eigenvalue weighted by atomic mass is 9.86. The number of Topliss-reactive ketones (excluding diaryl/α,β-unsaturated/α-hetero) is 1. The van der Waals surface area contributed by atoms with Crippen molar-refractivity contribution in [2.45, 2.75) is 20.8 Å². The van der Waals surface area contributed by atoms with Gasteiger partial charge >= 0.3 is 6.41 Å². The van der Waals surface area contributed by atoms with Crippen molar-refractivity contribution < 1.29 is 9.59 Å². The minimum atomic E-state index is -0.383. The Bertz CT molecular complexity index is 360. The number of hydrogen-bond acceptors (Lipinski definition) is 2. The molecule has 0 atom stereocenters. The maximum absolute atomic E-state index is 11.8. The molecular formula is C12H14NO2. The Labute approximate surface area is 89.5 Å². The average Bonchev–Trinajstić information content (AvgIpc) is 2.17. The molecule has 0 aromatic heterocycles. The van der Waals surface area contributed by atoms with Crippen LogP contribution in [0.5, 0.6) is 0 Å². The molecule has 15 heavy (non-hydrogen) atoms. The third kappa shape index (κ3) is 2.91. The molecule has 0 aliphatic rings. The van der Waals surface area contributed by atoms with Crippen molar-refractivity contribution in [1.29, 1.82) is 0 Å². The molecule has 0 bridgehead atoms. The first kappa shape index (κ1) is 11.4. The third-order valence-electron chi connectivity index (χ3n) is 2.02. The van der Waals surface area contributed by atoms with Crippen LogP contribution in [0, 0.1) is 5.41 Å². The van der Waals surface area contributed by atoms with Crippen LogP contribution in [0.15, 0.2) is 24.3 Å². The molecule has 1 aromatic carbocycles. The van der Waals surface area contributed by atoms with E-state index in [1.807, 2.05) is 20.8 Å². The van der Waals surface area contributed by atoms with Gasteiger partial charge in [0, 0.05) is 16.7 Å². The topological polar surface area (TPSA) is 46.2 Å². The molecule has 3 heteroatoms. The molecule has 0 heterocycles. The summed E-state index contributed by atoms with van der Waals surface area (Å²) in [6, 6.07) is 6.77. The van der Waals surface area contributed by atoms with Gasteiger partial charge in [-0.25, -0.2) is 0 Å². The minimum absolute atomic E-state index is 0.0872. The van der Waals surface area contributed by atoms with Gasteiger partial charge in [0.15, 0.2) is 5.78 Å². The van der Waals surface area contributed by atoms with Crippen LogP contribution in [0.3, 0.4) is 0 Å². The number of amides is 1. The zero-order chi connectivity index (χ0) is 11.5. The fraction of sp³-hybridized carbons (Fsp3) is 0.333. The summed E-state index contributed by atoms with van der Waals surface area (Å²) in [5.74, 6) is 0.0872. The van der Waals surface area contributed by atoms with Crippen LogP contribution < -0.4 is 5.32 Å². The van der Waals surface area contributed by atoms with Crippen LogP contribution in [-0.4, -0.2) is 12.2 Å². The summed E-state index contributed by atoms with van der Waals surface area (Å²) in [6.07, 6.45) is 1.58. The largest absolute Gasteiger partial charge is 0.318 e. The Hall–Kier alpha value is -1.64. The standard InChI is InChI=1S/C12H14NO2/c1-12(2,3)11(15)9-4-6-10(7-5-9)13-8-14/h4-7H,1-3H3,(H,13,14). The first-order chi connectivity index (χ1) is 6.95. The van der Waals surface area contributed by atoms with Crippen LogP contribution in [0.25, 0.3) is 0 Å². The van der Waals surface area contributed by atoms with Gasteiger partial charge in [0.05, 0.1) is 0 Å². The van der Waals surface area contributed by atoms with E-state index in [1.54, 1.807) is 30.7 Å². The zero-order valence-electron chi connectivity index (χ0n) is 9.13. The van der Waals surface area contributed by atoms with Crippen molar-refractivity contribution >= 4 is 17.9 Å². The zero-order valence-corrected chi connectivity index (χ0v) is 9.13. The maximum Gasteiger partial charge on any atom is 0.314 e. The molecule has 1 rings (SSSR count). The molecule has 0 spiro atoms. The van der Waals surface area contributed by atoms with Crippen LogP contribution in [-0.2, 0) is 4.79 Å². The van der Waals surface area contributed by atoms with Gasteiger partial charge in [-0.2, -0.15) is 0 Å². The van der Waals surface area contributed by atoms with Crippen molar-refractivity contribution in [2.24, 2.45) is 5.41 Å². The predicted molar refractivity (Wildman–Crippen MR) is 59.5 cm³/mol. The minimum Gasteiger partial charge on any atom is -0.318 e. The van der Waals surface area contributed by atoms with E-state index in [0.29, 0.717) is 11.3 Å². The Kier molecular flexibility index (Phi) is 3.24. The molecule has 1 amide bonds. The van der Waals surface area contributed by atoms with E-state index < -0.39 is 0 Å². The molecule has 1 N–H and O–H groups in total. The van der Waals surface area contributed by atoms with Crippen LogP contribution >= 0.6 is 0 Å². The predicted octanol–water partition coefficient (Wildman–Crippen LogP) is 2.39. The quantitative estimate of drug-likeness (QED) is 0.607. The van der Waals surface area contributed by atoms with Crippen molar-refractivity contribution in [2.75, 3.05) is 5.32 Å². The highest BCUT2D eigenvalue weighted by atomic mass is 16.1. The van der Waals surface area contributed by atoms with Crippen molar-refractivity contribution in [3.05, 3.63) is 29.8 Å². The molecule has 0 aliphatic carbocycles. The van der Waals surface area contributed by atoms with Crippen molar-refractivity contribution in [1.82, 2.24) is 0 Å². The van der Waals surface area contributed by atoms with Crippen molar-refractivity contribution in [3.8, 4) is 0 Å². The molecule has 0 saturated heterocycles. The molecule has 0 fully saturated rings. The summed E-state index contributed by atoms with van der Waals surface area (Å²) in [6.45, 7) is 5.63. The number of carbonyl (C=O) groups excluding carboxylic acids is 2. The second-order valence-corrected chi connectivity index (χ2v) is 4.38. The van der Waals surface area contributed by atoms with Gasteiger partial charge in [-0.1, -0.05) is 20.8 Å². The lowest BCUT2D eigenvalue weighted by Crippen LogP contribution is -2.20. The van der Waals surface area contributed by atoms with E-state index in [4.69, 9.17) is 0 Å². The first-order valence-electron chi connectivity index (χ1n) is 4.73. The number of anilines is 1. The van der Waals surface area contributed by atoms with Gasteiger partial charge < -0.3 is 5.32 Å². The number of rotatable bonds is 3. The third-order valence-corrected chi connectivity index (χ3v) is 2.02. The van der Waals surface area contributed by atoms with E-state index in [0.717, 1.165) is 0 Å². The van der Waals surface area contributed by atoms with E-state index >= 15 is 0 Å². The van der Waals surface area contributed by atoms with Gasteiger partial charge in [-0.15, -0.1) is 0 Å².